The molecule has 1 aromatic heterocycles. The minimum absolute atomic E-state index is 0.169. The number of methoxy groups -OCH3 is 1. The monoisotopic (exact) mass is 316 g/mol. The first-order valence-electron chi connectivity index (χ1n) is 6.75. The van der Waals surface area contributed by atoms with Crippen LogP contribution in [0.25, 0.3) is 0 Å². The Kier molecular flexibility index (Phi) is 5.45. The normalized spacial score (nSPS) is 28.2. The van der Waals surface area contributed by atoms with Gasteiger partial charge in [-0.1, -0.05) is 0 Å². The number of nitrogens with one attached hydrogen (secondary N) is 2. The lowest BCUT2D eigenvalue weighted by Gasteiger charge is -2.20. The zero-order valence-corrected chi connectivity index (χ0v) is 12.1. The summed E-state index contributed by atoms with van der Waals surface area (Å²) in [7, 11) is 1.36. The number of rotatable bonds is 6. The van der Waals surface area contributed by atoms with Gasteiger partial charge in [-0.3, -0.25) is 14.3 Å². The Hall–Kier alpha value is -1.56. The summed E-state index contributed by atoms with van der Waals surface area (Å²) in [4.78, 5) is 25.9. The SMILES string of the molecule is CO[C@@H]1[C@H](O)[C@@H](CO)O[C@H]1n1cc(CNCN)c(=O)[nH]c1=O. The Morgan fingerprint density at radius 3 is 2.86 bits per heavy atom. The highest BCUT2D eigenvalue weighted by Crippen LogP contribution is 2.30. The van der Waals surface area contributed by atoms with E-state index in [2.05, 4.69) is 10.3 Å². The van der Waals surface area contributed by atoms with E-state index in [1.807, 2.05) is 0 Å². The van der Waals surface area contributed by atoms with E-state index in [4.69, 9.17) is 15.2 Å². The average Bonchev–Trinajstić information content (AvgIpc) is 2.82. The molecule has 1 fully saturated rings. The minimum Gasteiger partial charge on any atom is -0.394 e. The van der Waals surface area contributed by atoms with Gasteiger partial charge >= 0.3 is 5.69 Å². The average molecular weight is 316 g/mol. The molecule has 0 amide bonds. The van der Waals surface area contributed by atoms with Crippen LogP contribution < -0.4 is 22.3 Å². The van der Waals surface area contributed by atoms with Crippen LogP contribution in [0.4, 0.5) is 0 Å². The first-order valence-corrected chi connectivity index (χ1v) is 6.75. The second kappa shape index (κ2) is 7.13. The standard InChI is InChI=1S/C12H20N4O6/c1-21-9-8(18)7(4-17)22-11(9)16-3-6(2-14-5-13)10(19)15-12(16)20/h3,7-9,11,14,17-18H,2,4-5,13H2,1H3,(H,15,19,20)/t7-,8-,9-,11-/m1/s1. The predicted molar refractivity (Wildman–Crippen MR) is 75.0 cm³/mol. The van der Waals surface area contributed by atoms with Crippen LogP contribution in [-0.4, -0.2) is 58.5 Å². The van der Waals surface area contributed by atoms with Crippen LogP contribution in [0.1, 0.15) is 11.8 Å². The Bertz CT molecular complexity index is 614. The molecule has 0 unspecified atom stereocenters. The van der Waals surface area contributed by atoms with Crippen molar-refractivity contribution in [3.8, 4) is 0 Å². The maximum Gasteiger partial charge on any atom is 0.330 e. The van der Waals surface area contributed by atoms with Gasteiger partial charge in [-0.25, -0.2) is 4.79 Å². The molecule has 1 aliphatic rings. The third-order valence-electron chi connectivity index (χ3n) is 3.54. The van der Waals surface area contributed by atoms with Gasteiger partial charge in [0.25, 0.3) is 5.56 Å². The molecular weight excluding hydrogens is 296 g/mol. The van der Waals surface area contributed by atoms with Crippen LogP contribution in [0.15, 0.2) is 15.8 Å². The number of aromatic nitrogens is 2. The number of ether oxygens (including phenoxy) is 2. The number of H-pyrrole nitrogens is 1. The molecule has 1 aliphatic heterocycles. The van der Waals surface area contributed by atoms with Crippen LogP contribution in [0.5, 0.6) is 0 Å². The summed E-state index contributed by atoms with van der Waals surface area (Å²) in [5.74, 6) is 0. The van der Waals surface area contributed by atoms with Crippen molar-refractivity contribution in [2.45, 2.75) is 31.1 Å². The Balaban J connectivity index is 2.38. The predicted octanol–water partition coefficient (Wildman–Crippen LogP) is -3.19. The summed E-state index contributed by atoms with van der Waals surface area (Å²) in [5.41, 5.74) is 4.37. The highest BCUT2D eigenvalue weighted by atomic mass is 16.6. The lowest BCUT2D eigenvalue weighted by Crippen LogP contribution is -2.40. The fraction of sp³-hybridized carbons (Fsp3) is 0.667. The largest absolute Gasteiger partial charge is 0.394 e. The Morgan fingerprint density at radius 1 is 1.55 bits per heavy atom. The molecule has 0 bridgehead atoms. The Morgan fingerprint density at radius 2 is 2.27 bits per heavy atom. The van der Waals surface area contributed by atoms with Crippen molar-refractivity contribution in [1.82, 2.24) is 14.9 Å². The third-order valence-corrected chi connectivity index (χ3v) is 3.54. The van der Waals surface area contributed by atoms with Crippen LogP contribution >= 0.6 is 0 Å². The molecular formula is C12H20N4O6. The van der Waals surface area contributed by atoms with Crippen molar-refractivity contribution in [3.63, 3.8) is 0 Å². The summed E-state index contributed by atoms with van der Waals surface area (Å²) in [5, 5.41) is 22.0. The number of hydrogen-bond acceptors (Lipinski definition) is 8. The topological polar surface area (TPSA) is 152 Å². The van der Waals surface area contributed by atoms with Gasteiger partial charge in [-0.2, -0.15) is 0 Å². The third kappa shape index (κ3) is 3.11. The Labute approximate surface area is 125 Å². The summed E-state index contributed by atoms with van der Waals surface area (Å²) in [6.45, 7) is -0.0792. The maximum atomic E-state index is 12.0. The van der Waals surface area contributed by atoms with Gasteiger partial charge in [0.2, 0.25) is 0 Å². The van der Waals surface area contributed by atoms with Crippen LogP contribution in [0, 0.1) is 0 Å². The fourth-order valence-corrected chi connectivity index (χ4v) is 2.40. The van der Waals surface area contributed by atoms with E-state index in [-0.39, 0.29) is 18.8 Å². The lowest BCUT2D eigenvalue weighted by atomic mass is 10.1. The highest BCUT2D eigenvalue weighted by Gasteiger charge is 2.45. The van der Waals surface area contributed by atoms with Gasteiger partial charge < -0.3 is 30.7 Å². The fourth-order valence-electron chi connectivity index (χ4n) is 2.40. The van der Waals surface area contributed by atoms with E-state index < -0.39 is 42.4 Å². The van der Waals surface area contributed by atoms with E-state index in [1.165, 1.54) is 13.3 Å². The molecule has 6 N–H and O–H groups in total. The molecule has 2 heterocycles. The molecule has 0 aliphatic carbocycles. The number of aliphatic hydroxyl groups excluding tert-OH is 2. The number of aliphatic hydroxyl groups is 2. The molecule has 0 radical (unpaired) electrons. The molecule has 10 heteroatoms. The van der Waals surface area contributed by atoms with Crippen molar-refractivity contribution in [3.05, 3.63) is 32.6 Å². The summed E-state index contributed by atoms with van der Waals surface area (Å²) in [6.07, 6.45) is -2.45. The van der Waals surface area contributed by atoms with Gasteiger partial charge in [0.05, 0.1) is 6.61 Å². The smallest absolute Gasteiger partial charge is 0.330 e. The summed E-state index contributed by atoms with van der Waals surface area (Å²) >= 11 is 0. The minimum atomic E-state index is -1.09. The van der Waals surface area contributed by atoms with Crippen molar-refractivity contribution >= 4 is 0 Å². The quantitative estimate of drug-likeness (QED) is 0.344. The molecule has 2 rings (SSSR count). The molecule has 4 atom stereocenters. The second-order valence-corrected chi connectivity index (χ2v) is 4.89. The molecule has 1 aromatic rings. The van der Waals surface area contributed by atoms with Crippen molar-refractivity contribution in [2.24, 2.45) is 5.73 Å². The van der Waals surface area contributed by atoms with E-state index in [0.717, 1.165) is 4.57 Å². The molecule has 0 spiro atoms. The van der Waals surface area contributed by atoms with Crippen LogP contribution in [-0.2, 0) is 16.0 Å². The summed E-state index contributed by atoms with van der Waals surface area (Å²) < 4.78 is 11.7. The number of nitrogens with two attached hydrogens (primary N) is 1. The maximum absolute atomic E-state index is 12.0. The molecule has 22 heavy (non-hydrogen) atoms. The summed E-state index contributed by atoms with van der Waals surface area (Å²) in [6, 6.07) is 0. The van der Waals surface area contributed by atoms with E-state index in [0.29, 0.717) is 0 Å². The lowest BCUT2D eigenvalue weighted by molar-refractivity contribution is -0.0626. The van der Waals surface area contributed by atoms with Gasteiger partial charge in [-0.15, -0.1) is 0 Å². The molecule has 0 aromatic carbocycles. The van der Waals surface area contributed by atoms with Gasteiger partial charge in [-0.05, 0) is 0 Å². The van der Waals surface area contributed by atoms with Crippen LogP contribution in [0.3, 0.4) is 0 Å². The van der Waals surface area contributed by atoms with E-state index in [1.54, 1.807) is 0 Å². The second-order valence-electron chi connectivity index (χ2n) is 4.89. The molecule has 124 valence electrons. The molecule has 1 saturated heterocycles. The number of hydrogen-bond donors (Lipinski definition) is 5. The van der Waals surface area contributed by atoms with E-state index in [9.17, 15) is 19.8 Å². The van der Waals surface area contributed by atoms with Crippen molar-refractivity contribution < 1.29 is 19.7 Å². The van der Waals surface area contributed by atoms with Gasteiger partial charge in [0, 0.05) is 32.1 Å². The zero-order chi connectivity index (χ0) is 16.3. The van der Waals surface area contributed by atoms with Crippen molar-refractivity contribution in [2.75, 3.05) is 20.4 Å². The van der Waals surface area contributed by atoms with Crippen LogP contribution in [0.2, 0.25) is 0 Å². The van der Waals surface area contributed by atoms with Gasteiger partial charge in [0.1, 0.15) is 18.3 Å². The molecule has 10 nitrogen and oxygen atoms in total. The first kappa shape index (κ1) is 16.8. The molecule has 0 saturated carbocycles. The van der Waals surface area contributed by atoms with Gasteiger partial charge in [0.15, 0.2) is 6.23 Å². The zero-order valence-electron chi connectivity index (χ0n) is 12.1. The number of aromatic amines is 1. The van der Waals surface area contributed by atoms with E-state index >= 15 is 0 Å². The van der Waals surface area contributed by atoms with Crippen molar-refractivity contribution in [1.29, 1.82) is 0 Å². The highest BCUT2D eigenvalue weighted by molar-refractivity contribution is 5.06. The number of nitrogens with zero attached hydrogens (tertiary/aromatic N) is 1. The first-order chi connectivity index (χ1) is 10.5.